The van der Waals surface area contributed by atoms with E-state index in [-0.39, 0.29) is 11.8 Å². The number of carbonyl (C=O) groups excluding carboxylic acids is 3. The number of likely N-dealkylation sites (tertiary alicyclic amines) is 1. The highest BCUT2D eigenvalue weighted by Crippen LogP contribution is 2.18. The van der Waals surface area contributed by atoms with Crippen LogP contribution in [0, 0.1) is 0 Å². The molecule has 0 saturated carbocycles. The predicted octanol–water partition coefficient (Wildman–Crippen LogP) is 1.05. The molecule has 1 unspecified atom stereocenters. The molecule has 2 atom stereocenters. The molecule has 3 amide bonds. The molecule has 126 valence electrons. The van der Waals surface area contributed by atoms with Crippen LogP contribution in [0.25, 0.3) is 0 Å². The van der Waals surface area contributed by atoms with Crippen LogP contribution in [0.1, 0.15) is 37.5 Å². The van der Waals surface area contributed by atoms with Crippen LogP contribution in [0.15, 0.2) is 17.5 Å². The van der Waals surface area contributed by atoms with Crippen molar-refractivity contribution in [3.05, 3.63) is 22.4 Å². The Hall–Kier alpha value is -1.89. The molecular formula is C16H23N3O3S. The van der Waals surface area contributed by atoms with Crippen molar-refractivity contribution < 1.29 is 14.4 Å². The lowest BCUT2D eigenvalue weighted by Crippen LogP contribution is -2.51. The van der Waals surface area contributed by atoms with Gasteiger partial charge in [-0.15, -0.1) is 11.3 Å². The molecule has 23 heavy (non-hydrogen) atoms. The topological polar surface area (TPSA) is 92.5 Å². The lowest BCUT2D eigenvalue weighted by atomic mass is 10.1. The van der Waals surface area contributed by atoms with Gasteiger partial charge in [0.1, 0.15) is 12.1 Å². The van der Waals surface area contributed by atoms with Gasteiger partial charge in [0.25, 0.3) is 0 Å². The Bertz CT molecular complexity index is 559. The van der Waals surface area contributed by atoms with Crippen molar-refractivity contribution in [2.75, 3.05) is 6.54 Å². The molecule has 7 heteroatoms. The number of nitrogens with one attached hydrogen (secondary N) is 1. The van der Waals surface area contributed by atoms with Gasteiger partial charge in [-0.05, 0) is 44.1 Å². The second-order valence-electron chi connectivity index (χ2n) is 5.81. The van der Waals surface area contributed by atoms with Gasteiger partial charge in [0.05, 0.1) is 0 Å². The largest absolute Gasteiger partial charge is 0.368 e. The van der Waals surface area contributed by atoms with E-state index in [4.69, 9.17) is 5.73 Å². The van der Waals surface area contributed by atoms with E-state index in [1.54, 1.807) is 18.3 Å². The molecule has 1 aliphatic rings. The molecule has 6 nitrogen and oxygen atoms in total. The molecule has 0 aromatic carbocycles. The summed E-state index contributed by atoms with van der Waals surface area (Å²) in [6, 6.07) is 2.86. The van der Waals surface area contributed by atoms with Crippen LogP contribution in [0.5, 0.6) is 0 Å². The highest BCUT2D eigenvalue weighted by molar-refractivity contribution is 7.09. The van der Waals surface area contributed by atoms with Gasteiger partial charge in [-0.3, -0.25) is 14.4 Å². The number of aryl methyl sites for hydroxylation is 1. The van der Waals surface area contributed by atoms with E-state index in [0.29, 0.717) is 19.4 Å². The number of thiophene rings is 1. The van der Waals surface area contributed by atoms with Crippen LogP contribution >= 0.6 is 11.3 Å². The van der Waals surface area contributed by atoms with Gasteiger partial charge >= 0.3 is 0 Å². The van der Waals surface area contributed by atoms with Crippen LogP contribution in [-0.2, 0) is 20.8 Å². The number of primary amides is 1. The van der Waals surface area contributed by atoms with Gasteiger partial charge in [-0.25, -0.2) is 0 Å². The average Bonchev–Trinajstić information content (AvgIpc) is 3.17. The fourth-order valence-corrected chi connectivity index (χ4v) is 3.58. The fraction of sp³-hybridized carbons (Fsp3) is 0.562. The van der Waals surface area contributed by atoms with Crippen LogP contribution in [0.2, 0.25) is 0 Å². The first-order valence-corrected chi connectivity index (χ1v) is 8.78. The van der Waals surface area contributed by atoms with E-state index < -0.39 is 18.0 Å². The van der Waals surface area contributed by atoms with Gasteiger partial charge < -0.3 is 16.0 Å². The molecule has 0 bridgehead atoms. The summed E-state index contributed by atoms with van der Waals surface area (Å²) < 4.78 is 0. The molecule has 3 N–H and O–H groups in total. The Kier molecular flexibility index (Phi) is 6.15. The number of hydrogen-bond acceptors (Lipinski definition) is 4. The summed E-state index contributed by atoms with van der Waals surface area (Å²) in [5, 5.41) is 4.73. The van der Waals surface area contributed by atoms with E-state index in [0.717, 1.165) is 19.3 Å². The van der Waals surface area contributed by atoms with E-state index in [1.807, 2.05) is 17.5 Å². The van der Waals surface area contributed by atoms with E-state index >= 15 is 0 Å². The standard InChI is InChI=1S/C16H23N3O3S/c1-11(16(22)19-9-3-7-13(19)15(17)21)18-14(20)8-2-5-12-6-4-10-23-12/h4,6,10-11,13H,2-3,5,7-9H2,1H3,(H2,17,21)(H,18,20)/t11?,13-/m0/s1. The zero-order chi connectivity index (χ0) is 16.8. The van der Waals surface area contributed by atoms with Gasteiger partial charge in [-0.1, -0.05) is 6.07 Å². The minimum atomic E-state index is -0.635. The molecule has 2 heterocycles. The van der Waals surface area contributed by atoms with Gasteiger partial charge in [0.2, 0.25) is 17.7 Å². The first kappa shape index (κ1) is 17.5. The first-order valence-electron chi connectivity index (χ1n) is 7.90. The van der Waals surface area contributed by atoms with Crippen molar-refractivity contribution in [3.8, 4) is 0 Å². The molecule has 1 aliphatic heterocycles. The molecule has 1 aromatic rings. The Morgan fingerprint density at radius 2 is 2.26 bits per heavy atom. The average molecular weight is 337 g/mol. The highest BCUT2D eigenvalue weighted by atomic mass is 32.1. The first-order chi connectivity index (χ1) is 11.0. The third-order valence-electron chi connectivity index (χ3n) is 4.02. The summed E-state index contributed by atoms with van der Waals surface area (Å²) in [6.07, 6.45) is 3.36. The maximum atomic E-state index is 12.4. The number of amides is 3. The van der Waals surface area contributed by atoms with Crippen molar-refractivity contribution in [1.29, 1.82) is 0 Å². The van der Waals surface area contributed by atoms with Crippen LogP contribution < -0.4 is 11.1 Å². The molecule has 1 fully saturated rings. The highest BCUT2D eigenvalue weighted by Gasteiger charge is 2.34. The van der Waals surface area contributed by atoms with Crippen molar-refractivity contribution in [2.45, 2.75) is 51.1 Å². The summed E-state index contributed by atoms with van der Waals surface area (Å²) in [4.78, 5) is 38.4. The summed E-state index contributed by atoms with van der Waals surface area (Å²) in [7, 11) is 0. The van der Waals surface area contributed by atoms with E-state index in [1.165, 1.54) is 9.78 Å². The Labute approximate surface area is 140 Å². The quantitative estimate of drug-likeness (QED) is 0.779. The molecule has 0 aliphatic carbocycles. The lowest BCUT2D eigenvalue weighted by Gasteiger charge is -2.25. The normalized spacial score (nSPS) is 18.7. The predicted molar refractivity (Wildman–Crippen MR) is 88.8 cm³/mol. The third-order valence-corrected chi connectivity index (χ3v) is 4.96. The summed E-state index contributed by atoms with van der Waals surface area (Å²) >= 11 is 1.68. The molecule has 1 saturated heterocycles. The van der Waals surface area contributed by atoms with Crippen LogP contribution in [0.3, 0.4) is 0 Å². The van der Waals surface area contributed by atoms with Crippen molar-refractivity contribution in [3.63, 3.8) is 0 Å². The molecule has 0 spiro atoms. The monoisotopic (exact) mass is 337 g/mol. The van der Waals surface area contributed by atoms with Crippen molar-refractivity contribution in [1.82, 2.24) is 10.2 Å². The number of rotatable bonds is 7. The molecular weight excluding hydrogens is 314 g/mol. The molecule has 0 radical (unpaired) electrons. The van der Waals surface area contributed by atoms with Crippen molar-refractivity contribution in [2.24, 2.45) is 5.73 Å². The van der Waals surface area contributed by atoms with Gasteiger partial charge in [0, 0.05) is 17.8 Å². The van der Waals surface area contributed by atoms with Gasteiger partial charge in [-0.2, -0.15) is 0 Å². The summed E-state index contributed by atoms with van der Waals surface area (Å²) in [5.41, 5.74) is 5.32. The Balaban J connectivity index is 1.76. The fourth-order valence-electron chi connectivity index (χ4n) is 2.83. The number of nitrogens with two attached hydrogens (primary N) is 1. The van der Waals surface area contributed by atoms with Crippen LogP contribution in [0.4, 0.5) is 0 Å². The zero-order valence-electron chi connectivity index (χ0n) is 13.3. The maximum absolute atomic E-state index is 12.4. The summed E-state index contributed by atoms with van der Waals surface area (Å²) in [6.45, 7) is 2.17. The van der Waals surface area contributed by atoms with Crippen LogP contribution in [-0.4, -0.2) is 41.2 Å². The second kappa shape index (κ2) is 8.10. The zero-order valence-corrected chi connectivity index (χ0v) is 14.1. The third kappa shape index (κ3) is 4.79. The minimum absolute atomic E-state index is 0.141. The Morgan fingerprint density at radius 1 is 1.48 bits per heavy atom. The lowest BCUT2D eigenvalue weighted by molar-refractivity contribution is -0.140. The number of carbonyl (C=O) groups is 3. The molecule has 2 rings (SSSR count). The van der Waals surface area contributed by atoms with Crippen molar-refractivity contribution >= 4 is 29.1 Å². The summed E-state index contributed by atoms with van der Waals surface area (Å²) in [5.74, 6) is -0.861. The smallest absolute Gasteiger partial charge is 0.245 e. The van der Waals surface area contributed by atoms with E-state index in [2.05, 4.69) is 5.32 Å². The molecule has 1 aromatic heterocycles. The van der Waals surface area contributed by atoms with E-state index in [9.17, 15) is 14.4 Å². The second-order valence-corrected chi connectivity index (χ2v) is 6.85. The van der Waals surface area contributed by atoms with Gasteiger partial charge in [0.15, 0.2) is 0 Å². The SMILES string of the molecule is CC(NC(=O)CCCc1cccs1)C(=O)N1CCC[C@H]1C(N)=O. The minimum Gasteiger partial charge on any atom is -0.368 e. The Morgan fingerprint density at radius 3 is 2.91 bits per heavy atom. The number of nitrogens with zero attached hydrogens (tertiary/aromatic N) is 1. The maximum Gasteiger partial charge on any atom is 0.245 e. The number of hydrogen-bond donors (Lipinski definition) is 2.